The molecule has 0 aliphatic carbocycles. The molecule has 3 N–H and O–H groups in total. The summed E-state index contributed by atoms with van der Waals surface area (Å²) >= 11 is 0. The van der Waals surface area contributed by atoms with Crippen molar-refractivity contribution in [1.82, 2.24) is 10.2 Å². The van der Waals surface area contributed by atoms with Gasteiger partial charge in [-0.15, -0.1) is 0 Å². The third-order valence-corrected chi connectivity index (χ3v) is 2.70. The van der Waals surface area contributed by atoms with E-state index in [1.165, 1.54) is 5.56 Å². The van der Waals surface area contributed by atoms with Gasteiger partial charge in [0.25, 0.3) is 0 Å². The van der Waals surface area contributed by atoms with Crippen LogP contribution in [-0.4, -0.2) is 30.9 Å². The van der Waals surface area contributed by atoms with Gasteiger partial charge in [-0.3, -0.25) is 9.69 Å². The van der Waals surface area contributed by atoms with Gasteiger partial charge in [0, 0.05) is 19.6 Å². The van der Waals surface area contributed by atoms with Gasteiger partial charge in [0.2, 0.25) is 5.91 Å². The quantitative estimate of drug-likeness (QED) is 0.761. The highest BCUT2D eigenvalue weighted by atomic mass is 16.2. The molecule has 18 heavy (non-hydrogen) atoms. The van der Waals surface area contributed by atoms with Gasteiger partial charge >= 0.3 is 0 Å². The van der Waals surface area contributed by atoms with Gasteiger partial charge in [-0.25, -0.2) is 0 Å². The zero-order chi connectivity index (χ0) is 13.4. The van der Waals surface area contributed by atoms with E-state index in [-0.39, 0.29) is 5.91 Å². The second kappa shape index (κ2) is 7.84. The van der Waals surface area contributed by atoms with Crippen LogP contribution in [0.25, 0.3) is 0 Å². The molecule has 0 aromatic heterocycles. The van der Waals surface area contributed by atoms with Crippen molar-refractivity contribution in [2.75, 3.05) is 20.1 Å². The molecule has 1 aromatic rings. The first-order chi connectivity index (χ1) is 8.65. The van der Waals surface area contributed by atoms with Crippen LogP contribution in [0.1, 0.15) is 24.5 Å². The number of likely N-dealkylation sites (N-methyl/N-ethyl adjacent to an activating group) is 1. The molecule has 0 fully saturated rings. The number of nitrogens with one attached hydrogen (secondary N) is 1. The summed E-state index contributed by atoms with van der Waals surface area (Å²) in [5.74, 6) is 0.0814. The Hall–Kier alpha value is -1.39. The van der Waals surface area contributed by atoms with Gasteiger partial charge in [-0.05, 0) is 24.6 Å². The molecule has 0 heterocycles. The molecular formula is C14H23N3O. The maximum atomic E-state index is 11.5. The number of nitrogens with two attached hydrogens (primary N) is 1. The Morgan fingerprint density at radius 3 is 2.44 bits per heavy atom. The first kappa shape index (κ1) is 14.7. The fourth-order valence-electron chi connectivity index (χ4n) is 1.71. The Morgan fingerprint density at radius 2 is 1.89 bits per heavy atom. The van der Waals surface area contributed by atoms with Gasteiger partial charge < -0.3 is 11.1 Å². The van der Waals surface area contributed by atoms with Gasteiger partial charge in [0.05, 0.1) is 6.54 Å². The Balaban J connectivity index is 2.38. The van der Waals surface area contributed by atoms with E-state index in [0.717, 1.165) is 25.1 Å². The van der Waals surface area contributed by atoms with E-state index in [1.807, 2.05) is 31.0 Å². The molecule has 100 valence electrons. The number of carbonyl (C=O) groups excluding carboxylic acids is 1. The van der Waals surface area contributed by atoms with E-state index in [4.69, 9.17) is 5.73 Å². The normalized spacial score (nSPS) is 10.7. The smallest absolute Gasteiger partial charge is 0.234 e. The zero-order valence-corrected chi connectivity index (χ0v) is 11.3. The SMILES string of the molecule is CCCNC(=O)CN(C)Cc1ccc(CN)cc1. The molecule has 0 unspecified atom stereocenters. The van der Waals surface area contributed by atoms with Gasteiger partial charge in [0.15, 0.2) is 0 Å². The Labute approximate surface area is 109 Å². The highest BCUT2D eigenvalue weighted by Gasteiger charge is 2.06. The predicted octanol–water partition coefficient (Wildman–Crippen LogP) is 1.10. The van der Waals surface area contributed by atoms with Crippen molar-refractivity contribution in [3.63, 3.8) is 0 Å². The third-order valence-electron chi connectivity index (χ3n) is 2.70. The number of hydrogen-bond acceptors (Lipinski definition) is 3. The van der Waals surface area contributed by atoms with Crippen LogP contribution in [0.2, 0.25) is 0 Å². The highest BCUT2D eigenvalue weighted by molar-refractivity contribution is 5.77. The van der Waals surface area contributed by atoms with Crippen LogP contribution in [0, 0.1) is 0 Å². The van der Waals surface area contributed by atoms with E-state index in [1.54, 1.807) is 0 Å². The summed E-state index contributed by atoms with van der Waals surface area (Å²) in [5.41, 5.74) is 7.87. The minimum atomic E-state index is 0.0814. The molecule has 1 amide bonds. The molecule has 1 aromatic carbocycles. The second-order valence-corrected chi connectivity index (χ2v) is 4.54. The average molecular weight is 249 g/mol. The van der Waals surface area contributed by atoms with Gasteiger partial charge in [-0.2, -0.15) is 0 Å². The maximum absolute atomic E-state index is 11.5. The van der Waals surface area contributed by atoms with Crippen LogP contribution in [0.15, 0.2) is 24.3 Å². The van der Waals surface area contributed by atoms with Crippen molar-refractivity contribution in [2.24, 2.45) is 5.73 Å². The summed E-state index contributed by atoms with van der Waals surface area (Å²) in [6.45, 7) is 4.56. The van der Waals surface area contributed by atoms with E-state index in [0.29, 0.717) is 13.1 Å². The fourth-order valence-corrected chi connectivity index (χ4v) is 1.71. The second-order valence-electron chi connectivity index (χ2n) is 4.54. The summed E-state index contributed by atoms with van der Waals surface area (Å²) in [7, 11) is 1.95. The molecule has 0 saturated heterocycles. The number of nitrogens with zero attached hydrogens (tertiary/aromatic N) is 1. The molecular weight excluding hydrogens is 226 g/mol. The number of benzene rings is 1. The first-order valence-corrected chi connectivity index (χ1v) is 6.38. The van der Waals surface area contributed by atoms with E-state index >= 15 is 0 Å². The van der Waals surface area contributed by atoms with Crippen LogP contribution in [0.5, 0.6) is 0 Å². The monoisotopic (exact) mass is 249 g/mol. The fraction of sp³-hybridized carbons (Fsp3) is 0.500. The summed E-state index contributed by atoms with van der Waals surface area (Å²) < 4.78 is 0. The molecule has 1 rings (SSSR count). The standard InChI is InChI=1S/C14H23N3O/c1-3-8-16-14(18)11-17(2)10-13-6-4-12(9-15)5-7-13/h4-7H,3,8-11,15H2,1-2H3,(H,16,18). The largest absolute Gasteiger partial charge is 0.355 e. The number of carbonyl (C=O) groups is 1. The van der Waals surface area contributed by atoms with Crippen molar-refractivity contribution in [2.45, 2.75) is 26.4 Å². The van der Waals surface area contributed by atoms with Crippen molar-refractivity contribution >= 4 is 5.91 Å². The molecule has 0 aliphatic heterocycles. The molecule has 0 saturated carbocycles. The van der Waals surface area contributed by atoms with Crippen molar-refractivity contribution in [3.8, 4) is 0 Å². The highest BCUT2D eigenvalue weighted by Crippen LogP contribution is 2.06. The zero-order valence-electron chi connectivity index (χ0n) is 11.3. The van der Waals surface area contributed by atoms with Crippen molar-refractivity contribution in [3.05, 3.63) is 35.4 Å². The minimum absolute atomic E-state index is 0.0814. The minimum Gasteiger partial charge on any atom is -0.355 e. The predicted molar refractivity (Wildman–Crippen MR) is 74.0 cm³/mol. The van der Waals surface area contributed by atoms with E-state index < -0.39 is 0 Å². The van der Waals surface area contributed by atoms with Crippen LogP contribution < -0.4 is 11.1 Å². The summed E-state index contributed by atoms with van der Waals surface area (Å²) in [4.78, 5) is 13.5. The van der Waals surface area contributed by atoms with Crippen LogP contribution in [0.3, 0.4) is 0 Å². The maximum Gasteiger partial charge on any atom is 0.234 e. The van der Waals surface area contributed by atoms with E-state index in [2.05, 4.69) is 17.4 Å². The lowest BCUT2D eigenvalue weighted by atomic mass is 10.1. The third kappa shape index (κ3) is 5.29. The number of hydrogen-bond donors (Lipinski definition) is 2. The molecule has 4 heteroatoms. The Kier molecular flexibility index (Phi) is 6.39. The Morgan fingerprint density at radius 1 is 1.28 bits per heavy atom. The molecule has 4 nitrogen and oxygen atoms in total. The Bertz CT molecular complexity index is 362. The van der Waals surface area contributed by atoms with Crippen LogP contribution in [0.4, 0.5) is 0 Å². The summed E-state index contributed by atoms with van der Waals surface area (Å²) in [6, 6.07) is 8.17. The van der Waals surface area contributed by atoms with Gasteiger partial charge in [-0.1, -0.05) is 31.2 Å². The molecule has 0 bridgehead atoms. The number of amides is 1. The van der Waals surface area contributed by atoms with Crippen LogP contribution >= 0.6 is 0 Å². The summed E-state index contributed by atoms with van der Waals surface area (Å²) in [5, 5.41) is 2.87. The van der Waals surface area contributed by atoms with Crippen molar-refractivity contribution < 1.29 is 4.79 Å². The average Bonchev–Trinajstić information content (AvgIpc) is 2.37. The molecule has 0 radical (unpaired) electrons. The molecule has 0 aliphatic rings. The van der Waals surface area contributed by atoms with E-state index in [9.17, 15) is 4.79 Å². The lowest BCUT2D eigenvalue weighted by molar-refractivity contribution is -0.122. The van der Waals surface area contributed by atoms with Gasteiger partial charge in [0.1, 0.15) is 0 Å². The molecule has 0 spiro atoms. The lowest BCUT2D eigenvalue weighted by Crippen LogP contribution is -2.35. The van der Waals surface area contributed by atoms with Crippen molar-refractivity contribution in [1.29, 1.82) is 0 Å². The first-order valence-electron chi connectivity index (χ1n) is 6.38. The topological polar surface area (TPSA) is 58.4 Å². The summed E-state index contributed by atoms with van der Waals surface area (Å²) in [6.07, 6.45) is 0.968. The molecule has 0 atom stereocenters. The lowest BCUT2D eigenvalue weighted by Gasteiger charge is -2.16. The number of rotatable bonds is 7. The van der Waals surface area contributed by atoms with Crippen LogP contribution in [-0.2, 0) is 17.9 Å².